The number of hydrogen-bond acceptors (Lipinski definition) is 7. The molecule has 0 bridgehead atoms. The molecule has 0 fully saturated rings. The fourth-order valence-corrected chi connectivity index (χ4v) is 7.61. The molecule has 0 N–H and O–H groups in total. The number of nitriles is 1. The number of carbonyl (C=O) groups excluding carboxylic acids is 1. The molecule has 0 spiro atoms. The minimum absolute atomic E-state index is 0.0222. The summed E-state index contributed by atoms with van der Waals surface area (Å²) >= 11 is 3.47. The molecule has 0 unspecified atom stereocenters. The van der Waals surface area contributed by atoms with Crippen molar-refractivity contribution in [3.05, 3.63) is 137 Å². The number of ether oxygens (including phenoxy) is 2. The molecule has 0 radical (unpaired) electrons. The van der Waals surface area contributed by atoms with E-state index >= 15 is 0 Å². The van der Waals surface area contributed by atoms with Gasteiger partial charge in [-0.3, -0.25) is 4.79 Å². The predicted molar refractivity (Wildman–Crippen MR) is 211 cm³/mol. The van der Waals surface area contributed by atoms with Crippen LogP contribution in [0.1, 0.15) is 36.8 Å². The van der Waals surface area contributed by atoms with Crippen molar-refractivity contribution in [3.8, 4) is 43.1 Å². The lowest BCUT2D eigenvalue weighted by molar-refractivity contribution is -0.138. The van der Waals surface area contributed by atoms with E-state index in [2.05, 4.69) is 64.3 Å². The van der Waals surface area contributed by atoms with Crippen LogP contribution in [0.3, 0.4) is 0 Å². The van der Waals surface area contributed by atoms with Crippen LogP contribution in [0.15, 0.2) is 115 Å². The van der Waals surface area contributed by atoms with Gasteiger partial charge in [0.05, 0.1) is 31.4 Å². The van der Waals surface area contributed by atoms with E-state index in [0.717, 1.165) is 58.6 Å². The number of unbranched alkanes of at least 4 members (excludes halogenated alkanes) is 3. The Kier molecular flexibility index (Phi) is 11.6. The first-order valence-electron chi connectivity index (χ1n) is 16.8. The van der Waals surface area contributed by atoms with E-state index in [1.54, 1.807) is 28.7 Å². The molecule has 0 saturated carbocycles. The summed E-state index contributed by atoms with van der Waals surface area (Å²) in [7, 11) is 4.08. The number of esters is 1. The second-order valence-electron chi connectivity index (χ2n) is 12.3. The summed E-state index contributed by atoms with van der Waals surface area (Å²) in [5, 5.41) is 10.2. The quantitative estimate of drug-likeness (QED) is 0.0488. The number of nitrogens with zero attached hydrogens (tertiary/aromatic N) is 3. The second-order valence-corrected chi connectivity index (χ2v) is 14.4. The molecule has 0 aliphatic rings. The minimum atomic E-state index is -0.588. The normalized spacial score (nSPS) is 11.2. The highest BCUT2D eigenvalue weighted by molar-refractivity contribution is 7.22. The van der Waals surface area contributed by atoms with E-state index in [0.29, 0.717) is 12.2 Å². The molecule has 51 heavy (non-hydrogen) atoms. The van der Waals surface area contributed by atoms with Gasteiger partial charge in [-0.15, -0.1) is 22.7 Å². The molecule has 6 nitrogen and oxygen atoms in total. The minimum Gasteiger partial charge on any atom is -0.494 e. The summed E-state index contributed by atoms with van der Waals surface area (Å²) in [6.07, 6.45) is 5.08. The highest BCUT2D eigenvalue weighted by atomic mass is 32.1. The van der Waals surface area contributed by atoms with Crippen LogP contribution in [0.2, 0.25) is 0 Å². The lowest BCUT2D eigenvalue weighted by Gasteiger charge is -2.11. The van der Waals surface area contributed by atoms with Gasteiger partial charge in [0.15, 0.2) is 0 Å². The summed E-state index contributed by atoms with van der Waals surface area (Å²) in [5.74, 6) is 0.249. The van der Waals surface area contributed by atoms with Gasteiger partial charge in [0, 0.05) is 39.1 Å². The van der Waals surface area contributed by atoms with Crippen LogP contribution in [-0.2, 0) is 9.53 Å². The van der Waals surface area contributed by atoms with Crippen molar-refractivity contribution < 1.29 is 14.3 Å². The van der Waals surface area contributed by atoms with E-state index in [1.165, 1.54) is 25.5 Å². The average molecular weight is 708 g/mol. The smallest absolute Gasteiger partial charge is 0.336 e. The SMILES string of the molecule is [C-]#[N+]/C(=C\c1ccc(-c2cc3cc(N(C)C)ccc3s2)cc1)C(=O)OCCCCCCOc1ccc(-c2ccc(-c3ccc(C#N)cc3)s2)cc1. The van der Waals surface area contributed by atoms with Gasteiger partial charge < -0.3 is 14.4 Å². The Labute approximate surface area is 307 Å². The largest absolute Gasteiger partial charge is 0.494 e. The molecular formula is C43H37N3O3S2. The predicted octanol–water partition coefficient (Wildman–Crippen LogP) is 11.3. The second kappa shape index (κ2) is 16.8. The van der Waals surface area contributed by atoms with Crippen molar-refractivity contribution in [2.45, 2.75) is 25.7 Å². The van der Waals surface area contributed by atoms with Gasteiger partial charge in [0.1, 0.15) is 5.75 Å². The Balaban J connectivity index is 0.891. The van der Waals surface area contributed by atoms with Crippen LogP contribution >= 0.6 is 22.7 Å². The first-order chi connectivity index (χ1) is 24.9. The van der Waals surface area contributed by atoms with Crippen molar-refractivity contribution in [1.82, 2.24) is 0 Å². The molecule has 0 aliphatic carbocycles. The van der Waals surface area contributed by atoms with Crippen LogP contribution in [0.25, 0.3) is 52.3 Å². The number of thiophene rings is 2. The van der Waals surface area contributed by atoms with Crippen LogP contribution in [-0.4, -0.2) is 33.3 Å². The standard InChI is InChI=1S/C43H37N3O3S2/c1-45-38(26-30-8-12-34(13-9-30)42-28-35-27-36(46(2)3)18-21-41(35)51-42)43(47)49-25-7-5-4-6-24-48-37-19-16-33(17-20-37)40-23-22-39(50-40)32-14-10-31(29-44)11-15-32/h8-23,26-28H,4-7,24-25H2,2-3H3/b38-26-. The van der Waals surface area contributed by atoms with Gasteiger partial charge in [-0.1, -0.05) is 36.4 Å². The number of rotatable bonds is 14. The number of anilines is 1. The first-order valence-corrected chi connectivity index (χ1v) is 18.4. The van der Waals surface area contributed by atoms with E-state index < -0.39 is 5.97 Å². The van der Waals surface area contributed by atoms with Crippen molar-refractivity contribution in [2.75, 3.05) is 32.2 Å². The molecule has 2 heterocycles. The van der Waals surface area contributed by atoms with Crippen molar-refractivity contribution in [1.29, 1.82) is 5.26 Å². The fourth-order valence-electron chi connectivity index (χ4n) is 5.55. The molecule has 254 valence electrons. The van der Waals surface area contributed by atoms with Crippen molar-refractivity contribution >= 4 is 50.5 Å². The lowest BCUT2D eigenvalue weighted by atomic mass is 10.1. The molecule has 0 aliphatic heterocycles. The molecular weight excluding hydrogens is 671 g/mol. The monoisotopic (exact) mass is 707 g/mol. The molecule has 8 heteroatoms. The van der Waals surface area contributed by atoms with E-state index in [-0.39, 0.29) is 12.3 Å². The third kappa shape index (κ3) is 9.12. The molecule has 0 amide bonds. The maximum absolute atomic E-state index is 12.6. The molecule has 4 aromatic carbocycles. The maximum Gasteiger partial charge on any atom is 0.336 e. The molecule has 0 atom stereocenters. The topological polar surface area (TPSA) is 66.9 Å². The van der Waals surface area contributed by atoms with Gasteiger partial charge in [0.2, 0.25) is 0 Å². The summed E-state index contributed by atoms with van der Waals surface area (Å²) < 4.78 is 12.6. The average Bonchev–Trinajstić information content (AvgIpc) is 3.83. The Morgan fingerprint density at radius 2 is 1.39 bits per heavy atom. The summed E-state index contributed by atoms with van der Waals surface area (Å²) in [4.78, 5) is 21.6. The van der Waals surface area contributed by atoms with Gasteiger partial charge in [0.25, 0.3) is 5.70 Å². The molecule has 2 aromatic heterocycles. The third-order valence-corrected chi connectivity index (χ3v) is 10.8. The van der Waals surface area contributed by atoms with Gasteiger partial charge in [-0.2, -0.15) is 5.26 Å². The third-order valence-electron chi connectivity index (χ3n) is 8.43. The first kappa shape index (κ1) is 35.2. The summed E-state index contributed by atoms with van der Waals surface area (Å²) in [6.45, 7) is 8.42. The van der Waals surface area contributed by atoms with Crippen molar-refractivity contribution in [2.24, 2.45) is 0 Å². The summed E-state index contributed by atoms with van der Waals surface area (Å²) in [6, 6.07) is 38.8. The van der Waals surface area contributed by atoms with Crippen LogP contribution in [0, 0.1) is 17.9 Å². The van der Waals surface area contributed by atoms with Gasteiger partial charge in [-0.05, 0) is 132 Å². The highest BCUT2D eigenvalue weighted by Gasteiger charge is 2.12. The fraction of sp³-hybridized carbons (Fsp3) is 0.186. The van der Waals surface area contributed by atoms with E-state index in [1.807, 2.05) is 74.8 Å². The Morgan fingerprint density at radius 1 is 0.765 bits per heavy atom. The zero-order valence-corrected chi connectivity index (χ0v) is 30.2. The number of benzene rings is 4. The van der Waals surface area contributed by atoms with E-state index in [9.17, 15) is 4.79 Å². The van der Waals surface area contributed by atoms with Crippen molar-refractivity contribution in [3.63, 3.8) is 0 Å². The Bertz CT molecular complexity index is 2220. The van der Waals surface area contributed by atoms with Gasteiger partial charge >= 0.3 is 5.97 Å². The molecule has 0 saturated heterocycles. The van der Waals surface area contributed by atoms with Crippen LogP contribution in [0.5, 0.6) is 5.75 Å². The molecule has 6 aromatic rings. The van der Waals surface area contributed by atoms with Crippen LogP contribution < -0.4 is 9.64 Å². The molecule has 6 rings (SSSR count). The Morgan fingerprint density at radius 3 is 2.04 bits per heavy atom. The highest BCUT2D eigenvalue weighted by Crippen LogP contribution is 2.36. The Hall–Kier alpha value is -5.67. The zero-order chi connectivity index (χ0) is 35.6. The number of carbonyl (C=O) groups is 1. The number of hydrogen-bond donors (Lipinski definition) is 0. The van der Waals surface area contributed by atoms with Crippen LogP contribution in [0.4, 0.5) is 5.69 Å². The maximum atomic E-state index is 12.6. The van der Waals surface area contributed by atoms with Gasteiger partial charge in [-0.25, -0.2) is 4.85 Å². The lowest BCUT2D eigenvalue weighted by Crippen LogP contribution is -2.07. The zero-order valence-electron chi connectivity index (χ0n) is 28.6. The number of fused-ring (bicyclic) bond motifs is 1. The summed E-state index contributed by atoms with van der Waals surface area (Å²) in [5.41, 5.74) is 5.93. The van der Waals surface area contributed by atoms with E-state index in [4.69, 9.17) is 21.3 Å².